The highest BCUT2D eigenvalue weighted by Crippen LogP contribution is 2.38. The zero-order chi connectivity index (χ0) is 25.6. The molecule has 0 bridgehead atoms. The van der Waals surface area contributed by atoms with Gasteiger partial charge in [0.25, 0.3) is 5.91 Å². The second kappa shape index (κ2) is 9.13. The van der Waals surface area contributed by atoms with Crippen LogP contribution in [0.15, 0.2) is 36.5 Å². The largest absolute Gasteiger partial charge is 0.424 e. The molecule has 9 nitrogen and oxygen atoms in total. The third kappa shape index (κ3) is 3.78. The molecular weight excluding hydrogens is 454 g/mol. The minimum atomic E-state index is -0.140. The second-order valence-corrected chi connectivity index (χ2v) is 10.2. The number of hydrogen-bond donors (Lipinski definition) is 1. The van der Waals surface area contributed by atoms with Gasteiger partial charge in [0.05, 0.1) is 18.6 Å². The van der Waals surface area contributed by atoms with E-state index in [1.54, 1.807) is 7.05 Å². The maximum absolute atomic E-state index is 13.4. The van der Waals surface area contributed by atoms with Crippen LogP contribution in [0.1, 0.15) is 55.2 Å². The molecule has 0 aliphatic carbocycles. The summed E-state index contributed by atoms with van der Waals surface area (Å²) in [5, 5.41) is 3.90. The molecule has 2 aliphatic rings. The molecule has 0 radical (unpaired) electrons. The summed E-state index contributed by atoms with van der Waals surface area (Å²) < 4.78 is 0.0110. The van der Waals surface area contributed by atoms with Crippen molar-refractivity contribution in [1.82, 2.24) is 29.7 Å². The van der Waals surface area contributed by atoms with E-state index in [0.717, 1.165) is 34.9 Å². The zero-order valence-electron chi connectivity index (χ0n) is 21.7. The van der Waals surface area contributed by atoms with E-state index >= 15 is 0 Å². The standard InChI is InChI=1S/C27H33N7O2/c1-17(2)33-16-21-23(25(33)35)30-26(34(27(36)28-4)12-8-9-18(34)3)31-24(21)32(5)15-19-13-20-10-6-7-11-22(20)29-14-19/h6-7,10-11,13-14,17-18H,8-9,12,15-16H2,1-5H3/p+1/t18-,34?/m1/s1. The van der Waals surface area contributed by atoms with Crippen LogP contribution in [0, 0.1) is 0 Å². The first-order valence-corrected chi connectivity index (χ1v) is 12.6. The molecule has 1 saturated heterocycles. The van der Waals surface area contributed by atoms with E-state index in [0.29, 0.717) is 37.1 Å². The minimum Gasteiger partial charge on any atom is -0.355 e. The molecule has 2 aliphatic heterocycles. The van der Waals surface area contributed by atoms with Crippen molar-refractivity contribution in [3.8, 4) is 0 Å². The number of fused-ring (bicyclic) bond motifs is 2. The van der Waals surface area contributed by atoms with Gasteiger partial charge in [0.1, 0.15) is 17.6 Å². The number of rotatable bonds is 5. The Morgan fingerprint density at radius 1 is 1.28 bits per heavy atom. The molecule has 3 aromatic rings. The van der Waals surface area contributed by atoms with Gasteiger partial charge in [-0.15, -0.1) is 0 Å². The van der Waals surface area contributed by atoms with Gasteiger partial charge in [-0.05, 0) is 38.5 Å². The molecule has 1 unspecified atom stereocenters. The smallest absolute Gasteiger partial charge is 0.355 e. The lowest BCUT2D eigenvalue weighted by Gasteiger charge is -2.33. The molecule has 2 aromatic heterocycles. The number of nitrogens with one attached hydrogen (secondary N) is 1. The predicted octanol–water partition coefficient (Wildman–Crippen LogP) is 3.85. The number of hydrogen-bond acceptors (Lipinski definition) is 6. The Hall–Kier alpha value is -3.59. The van der Waals surface area contributed by atoms with Crippen LogP contribution < -0.4 is 14.7 Å². The molecule has 4 heterocycles. The van der Waals surface area contributed by atoms with Gasteiger partial charge in [0.2, 0.25) is 0 Å². The quantitative estimate of drug-likeness (QED) is 0.549. The average molecular weight is 489 g/mol. The zero-order valence-corrected chi connectivity index (χ0v) is 21.7. The summed E-state index contributed by atoms with van der Waals surface area (Å²) in [6.45, 7) is 7.70. The number of carbonyl (C=O) groups excluding carboxylic acids is 2. The first-order chi connectivity index (χ1) is 17.3. The number of anilines is 1. The first kappa shape index (κ1) is 24.1. The maximum Gasteiger partial charge on any atom is 0.424 e. The summed E-state index contributed by atoms with van der Waals surface area (Å²) >= 11 is 0. The minimum absolute atomic E-state index is 0.0110. The third-order valence-electron chi connectivity index (χ3n) is 7.64. The van der Waals surface area contributed by atoms with Crippen molar-refractivity contribution < 1.29 is 9.59 Å². The lowest BCUT2D eigenvalue weighted by atomic mass is 10.1. The van der Waals surface area contributed by atoms with Crippen molar-refractivity contribution in [2.24, 2.45) is 0 Å². The third-order valence-corrected chi connectivity index (χ3v) is 7.64. The van der Waals surface area contributed by atoms with Crippen molar-refractivity contribution in [3.63, 3.8) is 0 Å². The van der Waals surface area contributed by atoms with Crippen LogP contribution in [0.2, 0.25) is 0 Å². The number of pyridine rings is 1. The molecule has 3 amide bonds. The van der Waals surface area contributed by atoms with Crippen LogP contribution in [0.3, 0.4) is 0 Å². The van der Waals surface area contributed by atoms with E-state index in [1.807, 2.05) is 55.1 Å². The number of likely N-dealkylation sites (tertiary alicyclic amines) is 1. The van der Waals surface area contributed by atoms with Crippen LogP contribution in [-0.2, 0) is 13.1 Å². The summed E-state index contributed by atoms with van der Waals surface area (Å²) in [4.78, 5) is 45.0. The van der Waals surface area contributed by atoms with E-state index < -0.39 is 0 Å². The van der Waals surface area contributed by atoms with E-state index in [1.165, 1.54) is 0 Å². The molecule has 36 heavy (non-hydrogen) atoms. The normalized spacial score (nSPS) is 21.3. The molecule has 2 atom stereocenters. The highest BCUT2D eigenvalue weighted by molar-refractivity contribution is 5.99. The van der Waals surface area contributed by atoms with Gasteiger partial charge in [-0.1, -0.05) is 18.2 Å². The Morgan fingerprint density at radius 2 is 2.06 bits per heavy atom. The number of para-hydroxylation sites is 1. The Kier molecular flexibility index (Phi) is 6.12. The number of carbonyl (C=O) groups is 2. The summed E-state index contributed by atoms with van der Waals surface area (Å²) in [5.41, 5.74) is 3.22. The maximum atomic E-state index is 13.4. The highest BCUT2D eigenvalue weighted by atomic mass is 16.2. The highest BCUT2D eigenvalue weighted by Gasteiger charge is 2.51. The molecule has 1 N–H and O–H groups in total. The Bertz CT molecular complexity index is 1340. The molecule has 1 aromatic carbocycles. The molecule has 188 valence electrons. The van der Waals surface area contributed by atoms with E-state index in [4.69, 9.17) is 9.97 Å². The fourth-order valence-corrected chi connectivity index (χ4v) is 5.59. The molecule has 5 rings (SSSR count). The fourth-order valence-electron chi connectivity index (χ4n) is 5.59. The first-order valence-electron chi connectivity index (χ1n) is 12.6. The number of amides is 3. The number of urea groups is 1. The number of nitrogens with zero attached hydrogens (tertiary/aromatic N) is 6. The lowest BCUT2D eigenvalue weighted by Crippen LogP contribution is -2.61. The van der Waals surface area contributed by atoms with Crippen molar-refractivity contribution in [3.05, 3.63) is 53.3 Å². The summed E-state index contributed by atoms with van der Waals surface area (Å²) in [6, 6.07) is 10.1. The van der Waals surface area contributed by atoms with Crippen molar-refractivity contribution in [1.29, 1.82) is 0 Å². The molecule has 0 spiro atoms. The summed E-state index contributed by atoms with van der Waals surface area (Å²) in [6.07, 6.45) is 3.68. The van der Waals surface area contributed by atoms with Gasteiger partial charge >= 0.3 is 12.0 Å². The van der Waals surface area contributed by atoms with Crippen molar-refractivity contribution in [2.75, 3.05) is 25.5 Å². The Morgan fingerprint density at radius 3 is 2.75 bits per heavy atom. The van der Waals surface area contributed by atoms with Crippen molar-refractivity contribution in [2.45, 2.75) is 58.8 Å². The van der Waals surface area contributed by atoms with Gasteiger partial charge in [-0.3, -0.25) is 9.78 Å². The molecular formula is C27H34N7O2+. The Balaban J connectivity index is 1.61. The van der Waals surface area contributed by atoms with Gasteiger partial charge in [-0.25, -0.2) is 4.79 Å². The van der Waals surface area contributed by atoms with Crippen molar-refractivity contribution >= 4 is 34.6 Å². The monoisotopic (exact) mass is 488 g/mol. The average Bonchev–Trinajstić information content (AvgIpc) is 3.43. The second-order valence-electron chi connectivity index (χ2n) is 10.2. The Labute approximate surface area is 211 Å². The predicted molar refractivity (Wildman–Crippen MR) is 141 cm³/mol. The number of benzene rings is 1. The van der Waals surface area contributed by atoms with Gasteiger partial charge in [-0.2, -0.15) is 14.5 Å². The van der Waals surface area contributed by atoms with Crippen LogP contribution in [0.25, 0.3) is 10.9 Å². The summed E-state index contributed by atoms with van der Waals surface area (Å²) in [7, 11) is 3.62. The lowest BCUT2D eigenvalue weighted by molar-refractivity contribution is 0.0726. The molecule has 0 saturated carbocycles. The van der Waals surface area contributed by atoms with Gasteiger partial charge in [0, 0.05) is 56.7 Å². The van der Waals surface area contributed by atoms with E-state index in [2.05, 4.69) is 29.4 Å². The van der Waals surface area contributed by atoms with Crippen LogP contribution in [-0.4, -0.2) is 64.5 Å². The van der Waals surface area contributed by atoms with Crippen LogP contribution >= 0.6 is 0 Å². The number of quaternary nitrogens is 1. The van der Waals surface area contributed by atoms with Gasteiger partial charge < -0.3 is 15.1 Å². The SMILES string of the molecule is CNC(=O)[N+]1(c2nc3c(c(N(C)Cc4cnc5ccccc5c4)n2)CN(C(C)C)C3=O)CCC[C@H]1C. The van der Waals surface area contributed by atoms with E-state index in [9.17, 15) is 9.59 Å². The van der Waals surface area contributed by atoms with E-state index in [-0.39, 0.29) is 28.5 Å². The van der Waals surface area contributed by atoms with Crippen LogP contribution in [0.5, 0.6) is 0 Å². The summed E-state index contributed by atoms with van der Waals surface area (Å²) in [5.74, 6) is 0.989. The van der Waals surface area contributed by atoms with Crippen LogP contribution in [0.4, 0.5) is 16.6 Å². The topological polar surface area (TPSA) is 91.3 Å². The fraction of sp³-hybridized carbons (Fsp3) is 0.444. The molecule has 1 fully saturated rings. The number of aromatic nitrogens is 3. The van der Waals surface area contributed by atoms with Gasteiger partial charge in [0.15, 0.2) is 0 Å². The molecule has 9 heteroatoms.